The molecule has 5 heteroatoms. The summed E-state index contributed by atoms with van der Waals surface area (Å²) in [6, 6.07) is 12.0. The van der Waals surface area contributed by atoms with Crippen molar-refractivity contribution in [2.45, 2.75) is 31.2 Å². The van der Waals surface area contributed by atoms with Crippen molar-refractivity contribution in [3.8, 4) is 0 Å². The first-order chi connectivity index (χ1) is 10.1. The number of amides is 1. The minimum atomic E-state index is -0.932. The standard InChI is InChI=1S/C10H16N2O3.C6H6/c13-8(14)7-12-6-5-11-10(9(12)15)3-1-2-4-10;1-2-4-6-5-3-1/h11H,1-7H2,(H,13,14);1-6H. The second-order valence-corrected chi connectivity index (χ2v) is 5.49. The van der Waals surface area contributed by atoms with Gasteiger partial charge in [0.05, 0.1) is 5.54 Å². The summed E-state index contributed by atoms with van der Waals surface area (Å²) in [7, 11) is 0. The number of nitrogens with one attached hydrogen (secondary N) is 1. The summed E-state index contributed by atoms with van der Waals surface area (Å²) in [5, 5.41) is 12.0. The number of hydrogen-bond donors (Lipinski definition) is 2. The Morgan fingerprint density at radius 1 is 1.14 bits per heavy atom. The smallest absolute Gasteiger partial charge is 0.323 e. The van der Waals surface area contributed by atoms with Gasteiger partial charge < -0.3 is 15.3 Å². The molecule has 114 valence electrons. The zero-order valence-electron chi connectivity index (χ0n) is 12.1. The number of aliphatic carboxylic acids is 1. The SMILES string of the molecule is O=C(O)CN1CCNC2(CCCC2)C1=O.c1ccccc1. The lowest BCUT2D eigenvalue weighted by Crippen LogP contribution is -2.63. The van der Waals surface area contributed by atoms with Crippen LogP contribution in [0.1, 0.15) is 25.7 Å². The highest BCUT2D eigenvalue weighted by Gasteiger charge is 2.45. The number of rotatable bonds is 2. The first-order valence-electron chi connectivity index (χ1n) is 7.40. The van der Waals surface area contributed by atoms with Crippen molar-refractivity contribution in [3.63, 3.8) is 0 Å². The molecule has 1 aromatic rings. The van der Waals surface area contributed by atoms with Crippen molar-refractivity contribution >= 4 is 11.9 Å². The maximum atomic E-state index is 12.1. The fourth-order valence-electron chi connectivity index (χ4n) is 2.98. The van der Waals surface area contributed by atoms with Crippen LogP contribution in [0, 0.1) is 0 Å². The van der Waals surface area contributed by atoms with Crippen LogP contribution >= 0.6 is 0 Å². The van der Waals surface area contributed by atoms with Crippen LogP contribution in [0.4, 0.5) is 0 Å². The van der Waals surface area contributed by atoms with Gasteiger partial charge in [-0.3, -0.25) is 9.59 Å². The summed E-state index contributed by atoms with van der Waals surface area (Å²) < 4.78 is 0. The zero-order valence-corrected chi connectivity index (χ0v) is 12.1. The van der Waals surface area contributed by atoms with Crippen LogP contribution in [0.25, 0.3) is 0 Å². The molecule has 1 saturated carbocycles. The van der Waals surface area contributed by atoms with E-state index < -0.39 is 11.5 Å². The number of carbonyl (C=O) groups excluding carboxylic acids is 1. The van der Waals surface area contributed by atoms with Gasteiger partial charge in [0, 0.05) is 13.1 Å². The van der Waals surface area contributed by atoms with Crippen molar-refractivity contribution in [1.82, 2.24) is 10.2 Å². The van der Waals surface area contributed by atoms with Crippen LogP contribution in [0.3, 0.4) is 0 Å². The molecule has 0 aromatic heterocycles. The summed E-state index contributed by atoms with van der Waals surface area (Å²) >= 11 is 0. The minimum Gasteiger partial charge on any atom is -0.480 e. The van der Waals surface area contributed by atoms with Crippen LogP contribution in [-0.2, 0) is 9.59 Å². The zero-order chi connectivity index (χ0) is 15.1. The fourth-order valence-corrected chi connectivity index (χ4v) is 2.98. The van der Waals surface area contributed by atoms with Crippen LogP contribution in [0.2, 0.25) is 0 Å². The molecule has 1 saturated heterocycles. The molecule has 2 fully saturated rings. The maximum absolute atomic E-state index is 12.1. The molecule has 0 atom stereocenters. The molecule has 1 aliphatic carbocycles. The van der Waals surface area contributed by atoms with Crippen molar-refractivity contribution < 1.29 is 14.7 Å². The number of nitrogens with zero attached hydrogens (tertiary/aromatic N) is 1. The average molecular weight is 290 g/mol. The molecule has 0 unspecified atom stereocenters. The average Bonchev–Trinajstić information content (AvgIpc) is 2.96. The van der Waals surface area contributed by atoms with Gasteiger partial charge in [-0.15, -0.1) is 0 Å². The van der Waals surface area contributed by atoms with E-state index >= 15 is 0 Å². The van der Waals surface area contributed by atoms with Crippen molar-refractivity contribution in [2.24, 2.45) is 0 Å². The Bertz CT molecular complexity index is 443. The second-order valence-electron chi connectivity index (χ2n) is 5.49. The number of benzene rings is 1. The summed E-state index contributed by atoms with van der Waals surface area (Å²) in [6.45, 7) is 1.05. The molecule has 0 bridgehead atoms. The lowest BCUT2D eigenvalue weighted by atomic mass is 9.93. The van der Waals surface area contributed by atoms with Gasteiger partial charge in [-0.1, -0.05) is 49.2 Å². The van der Waals surface area contributed by atoms with Crippen LogP contribution in [0.5, 0.6) is 0 Å². The predicted molar refractivity (Wildman–Crippen MR) is 79.9 cm³/mol. The molecule has 1 aromatic carbocycles. The first-order valence-corrected chi connectivity index (χ1v) is 7.40. The molecule has 1 amide bonds. The van der Waals surface area contributed by atoms with E-state index in [2.05, 4.69) is 5.32 Å². The minimum absolute atomic E-state index is 0.0198. The van der Waals surface area contributed by atoms with E-state index in [4.69, 9.17) is 5.11 Å². The Hall–Kier alpha value is -1.88. The van der Waals surface area contributed by atoms with E-state index in [-0.39, 0.29) is 12.5 Å². The van der Waals surface area contributed by atoms with Gasteiger partial charge in [0.2, 0.25) is 5.91 Å². The Kier molecular flexibility index (Phi) is 5.33. The van der Waals surface area contributed by atoms with Gasteiger partial charge in [-0.2, -0.15) is 0 Å². The lowest BCUT2D eigenvalue weighted by molar-refractivity contribution is -0.149. The second kappa shape index (κ2) is 7.22. The number of carbonyl (C=O) groups is 2. The van der Waals surface area contributed by atoms with Crippen LogP contribution < -0.4 is 5.32 Å². The maximum Gasteiger partial charge on any atom is 0.323 e. The first kappa shape index (κ1) is 15.5. The monoisotopic (exact) mass is 290 g/mol. The molecular formula is C16H22N2O3. The molecule has 1 spiro atoms. The van der Waals surface area contributed by atoms with Gasteiger partial charge >= 0.3 is 5.97 Å². The summed E-state index contributed by atoms with van der Waals surface area (Å²) in [5.41, 5.74) is -0.437. The third kappa shape index (κ3) is 4.04. The van der Waals surface area contributed by atoms with Gasteiger partial charge in [-0.05, 0) is 12.8 Å². The van der Waals surface area contributed by atoms with Crippen LogP contribution in [0.15, 0.2) is 36.4 Å². The summed E-state index contributed by atoms with van der Waals surface area (Å²) in [5.74, 6) is -0.952. The predicted octanol–water partition coefficient (Wildman–Crippen LogP) is 1.50. The molecule has 5 nitrogen and oxygen atoms in total. The van der Waals surface area contributed by atoms with E-state index in [0.29, 0.717) is 13.1 Å². The van der Waals surface area contributed by atoms with Crippen LogP contribution in [-0.4, -0.2) is 47.1 Å². The Morgan fingerprint density at radius 3 is 2.14 bits per heavy atom. The number of hydrogen-bond acceptors (Lipinski definition) is 3. The normalized spacial score (nSPS) is 20.0. The molecular weight excluding hydrogens is 268 g/mol. The van der Waals surface area contributed by atoms with E-state index in [1.165, 1.54) is 4.90 Å². The number of carboxylic acids is 1. The topological polar surface area (TPSA) is 69.6 Å². The van der Waals surface area contributed by atoms with E-state index in [9.17, 15) is 9.59 Å². The Balaban J connectivity index is 0.000000225. The van der Waals surface area contributed by atoms with Gasteiger partial charge in [-0.25, -0.2) is 0 Å². The van der Waals surface area contributed by atoms with E-state index in [0.717, 1.165) is 25.7 Å². The quantitative estimate of drug-likeness (QED) is 0.866. The summed E-state index contributed by atoms with van der Waals surface area (Å²) in [6.07, 6.45) is 3.81. The van der Waals surface area contributed by atoms with Gasteiger partial charge in [0.1, 0.15) is 6.54 Å². The summed E-state index contributed by atoms with van der Waals surface area (Å²) in [4.78, 5) is 24.1. The highest BCUT2D eigenvalue weighted by Crippen LogP contribution is 2.32. The van der Waals surface area contributed by atoms with Gasteiger partial charge in [0.15, 0.2) is 0 Å². The number of carboxylic acid groups (broad SMARTS) is 1. The Labute approximate surface area is 125 Å². The molecule has 2 N–H and O–H groups in total. The highest BCUT2D eigenvalue weighted by molar-refractivity contribution is 5.90. The third-order valence-electron chi connectivity index (χ3n) is 3.99. The third-order valence-corrected chi connectivity index (χ3v) is 3.99. The number of piperazine rings is 1. The molecule has 1 aliphatic heterocycles. The molecule has 1 heterocycles. The van der Waals surface area contributed by atoms with Crippen molar-refractivity contribution in [2.75, 3.05) is 19.6 Å². The molecule has 3 rings (SSSR count). The molecule has 0 radical (unpaired) electrons. The van der Waals surface area contributed by atoms with E-state index in [1.54, 1.807) is 0 Å². The Morgan fingerprint density at radius 2 is 1.67 bits per heavy atom. The molecule has 2 aliphatic rings. The largest absolute Gasteiger partial charge is 0.480 e. The van der Waals surface area contributed by atoms with Crippen molar-refractivity contribution in [3.05, 3.63) is 36.4 Å². The molecule has 21 heavy (non-hydrogen) atoms. The van der Waals surface area contributed by atoms with E-state index in [1.807, 2.05) is 36.4 Å². The van der Waals surface area contributed by atoms with Gasteiger partial charge in [0.25, 0.3) is 0 Å². The highest BCUT2D eigenvalue weighted by atomic mass is 16.4. The lowest BCUT2D eigenvalue weighted by Gasteiger charge is -2.39. The van der Waals surface area contributed by atoms with Crippen molar-refractivity contribution in [1.29, 1.82) is 0 Å². The fraction of sp³-hybridized carbons (Fsp3) is 0.500.